The minimum absolute atomic E-state index is 0.247. The summed E-state index contributed by atoms with van der Waals surface area (Å²) in [6, 6.07) is -0.247. The first-order valence-electron chi connectivity index (χ1n) is 4.09. The number of urea groups is 1. The Balaban J connectivity index is 2.23. The van der Waals surface area contributed by atoms with Crippen molar-refractivity contribution in [3.63, 3.8) is 0 Å². The number of halogens is 1. The first kappa shape index (κ1) is 11.0. The Labute approximate surface area is 89.9 Å². The number of aliphatic carboxylic acids is 1. The molecule has 6 heteroatoms. The van der Waals surface area contributed by atoms with Gasteiger partial charge in [0.05, 0.1) is 12.5 Å². The predicted octanol–water partition coefficient (Wildman–Crippen LogP) is 0.621. The van der Waals surface area contributed by atoms with Crippen molar-refractivity contribution in [1.29, 1.82) is 0 Å². The lowest BCUT2D eigenvalue weighted by atomic mass is 10.0. The lowest BCUT2D eigenvalue weighted by Crippen LogP contribution is -2.56. The van der Waals surface area contributed by atoms with Crippen LogP contribution in [0.1, 0.15) is 0 Å². The summed E-state index contributed by atoms with van der Waals surface area (Å²) in [4.78, 5) is 23.1. The van der Waals surface area contributed by atoms with E-state index in [4.69, 9.17) is 5.11 Å². The Bertz CT molecular complexity index is 274. The van der Waals surface area contributed by atoms with Gasteiger partial charge in [0, 0.05) is 17.6 Å². The molecule has 2 N–H and O–H groups in total. The molecule has 2 amide bonds. The van der Waals surface area contributed by atoms with E-state index in [2.05, 4.69) is 27.8 Å². The molecule has 0 aromatic heterocycles. The average molecular weight is 263 g/mol. The summed E-state index contributed by atoms with van der Waals surface area (Å²) in [5.41, 5.74) is 0. The highest BCUT2D eigenvalue weighted by atomic mass is 79.9. The second-order valence-electron chi connectivity index (χ2n) is 3.12. The molecule has 0 aliphatic carbocycles. The zero-order valence-electron chi connectivity index (χ0n) is 7.49. The van der Waals surface area contributed by atoms with E-state index in [1.807, 2.05) is 0 Å². The number of likely N-dealkylation sites (tertiary alicyclic amines) is 1. The van der Waals surface area contributed by atoms with Crippen LogP contribution in [0.15, 0.2) is 11.1 Å². The number of hydrogen-bond donors (Lipinski definition) is 2. The van der Waals surface area contributed by atoms with Crippen molar-refractivity contribution in [3.8, 4) is 0 Å². The standard InChI is InChI=1S/C8H11BrN2O3/c1-5(9)2-10-8(14)11-3-6(4-11)7(12)13/h6H,1-4H2,(H,10,14)(H,12,13). The first-order valence-corrected chi connectivity index (χ1v) is 4.89. The highest BCUT2D eigenvalue weighted by Gasteiger charge is 2.35. The van der Waals surface area contributed by atoms with E-state index in [1.54, 1.807) is 0 Å². The molecule has 1 rings (SSSR count). The molecule has 14 heavy (non-hydrogen) atoms. The Morgan fingerprint density at radius 3 is 2.57 bits per heavy atom. The molecular weight excluding hydrogens is 252 g/mol. The molecule has 0 spiro atoms. The van der Waals surface area contributed by atoms with E-state index in [-0.39, 0.29) is 19.1 Å². The van der Waals surface area contributed by atoms with Crippen molar-refractivity contribution in [3.05, 3.63) is 11.1 Å². The third kappa shape index (κ3) is 2.73. The molecule has 0 aromatic rings. The number of carboxylic acids is 1. The van der Waals surface area contributed by atoms with E-state index in [9.17, 15) is 9.59 Å². The Kier molecular flexibility index (Phi) is 3.51. The summed E-state index contributed by atoms with van der Waals surface area (Å²) < 4.78 is 0.682. The topological polar surface area (TPSA) is 69.6 Å². The van der Waals surface area contributed by atoms with Crippen molar-refractivity contribution in [2.24, 2.45) is 5.92 Å². The van der Waals surface area contributed by atoms with Gasteiger partial charge in [-0.2, -0.15) is 0 Å². The van der Waals surface area contributed by atoms with E-state index >= 15 is 0 Å². The Morgan fingerprint density at radius 2 is 2.14 bits per heavy atom. The second kappa shape index (κ2) is 4.45. The van der Waals surface area contributed by atoms with Gasteiger partial charge >= 0.3 is 12.0 Å². The number of nitrogens with zero attached hydrogens (tertiary/aromatic N) is 1. The minimum Gasteiger partial charge on any atom is -0.481 e. The fourth-order valence-electron chi connectivity index (χ4n) is 1.08. The molecule has 0 atom stereocenters. The molecule has 1 fully saturated rings. The molecule has 1 saturated heterocycles. The molecule has 78 valence electrons. The maximum atomic E-state index is 11.3. The van der Waals surface area contributed by atoms with Crippen LogP contribution in [0.5, 0.6) is 0 Å². The summed E-state index contributed by atoms with van der Waals surface area (Å²) in [7, 11) is 0. The van der Waals surface area contributed by atoms with Gasteiger partial charge in [0.1, 0.15) is 0 Å². The van der Waals surface area contributed by atoms with Crippen molar-refractivity contribution in [2.75, 3.05) is 19.6 Å². The van der Waals surface area contributed by atoms with E-state index in [0.29, 0.717) is 11.0 Å². The maximum absolute atomic E-state index is 11.3. The van der Waals surface area contributed by atoms with Gasteiger partial charge in [-0.1, -0.05) is 22.5 Å². The fraction of sp³-hybridized carbons (Fsp3) is 0.500. The lowest BCUT2D eigenvalue weighted by Gasteiger charge is -2.36. The molecule has 0 saturated carbocycles. The number of nitrogens with one attached hydrogen (secondary N) is 1. The minimum atomic E-state index is -0.848. The summed E-state index contributed by atoms with van der Waals surface area (Å²) in [6.07, 6.45) is 0. The van der Waals surface area contributed by atoms with Gasteiger partial charge in [0.25, 0.3) is 0 Å². The average Bonchev–Trinajstić information content (AvgIpc) is 1.97. The normalized spacial score (nSPS) is 15.9. The molecule has 1 heterocycles. The van der Waals surface area contributed by atoms with Gasteiger partial charge in [0.15, 0.2) is 0 Å². The molecule has 5 nitrogen and oxygen atoms in total. The third-order valence-corrected chi connectivity index (χ3v) is 2.23. The van der Waals surface area contributed by atoms with Gasteiger partial charge in [-0.15, -0.1) is 0 Å². The van der Waals surface area contributed by atoms with Crippen molar-refractivity contribution in [1.82, 2.24) is 10.2 Å². The van der Waals surface area contributed by atoms with E-state index in [0.717, 1.165) is 0 Å². The van der Waals surface area contributed by atoms with Gasteiger partial charge in [-0.05, 0) is 0 Å². The molecule has 1 aliphatic rings. The highest BCUT2D eigenvalue weighted by molar-refractivity contribution is 9.11. The van der Waals surface area contributed by atoms with Gasteiger partial charge in [0.2, 0.25) is 0 Å². The highest BCUT2D eigenvalue weighted by Crippen LogP contribution is 2.15. The Hall–Kier alpha value is -1.04. The summed E-state index contributed by atoms with van der Waals surface area (Å²) in [5.74, 6) is -1.26. The monoisotopic (exact) mass is 262 g/mol. The van der Waals surface area contributed by atoms with Crippen LogP contribution in [0.25, 0.3) is 0 Å². The SMILES string of the molecule is C=C(Br)CNC(=O)N1CC(C(=O)O)C1. The first-order chi connectivity index (χ1) is 6.50. The molecule has 1 aliphatic heterocycles. The van der Waals surface area contributed by atoms with Crippen LogP contribution in [-0.2, 0) is 4.79 Å². The van der Waals surface area contributed by atoms with Gasteiger partial charge in [-0.25, -0.2) is 4.79 Å². The number of amides is 2. The van der Waals surface area contributed by atoms with Gasteiger partial charge < -0.3 is 15.3 Å². The van der Waals surface area contributed by atoms with Crippen LogP contribution in [0.3, 0.4) is 0 Å². The number of carboxylic acid groups (broad SMARTS) is 1. The van der Waals surface area contributed by atoms with Crippen LogP contribution in [0, 0.1) is 5.92 Å². The molecule has 0 unspecified atom stereocenters. The second-order valence-corrected chi connectivity index (χ2v) is 4.24. The van der Waals surface area contributed by atoms with Crippen molar-refractivity contribution < 1.29 is 14.7 Å². The molecule has 0 aromatic carbocycles. The quantitative estimate of drug-likeness (QED) is 0.784. The number of carbonyl (C=O) groups is 2. The van der Waals surface area contributed by atoms with Crippen LogP contribution < -0.4 is 5.32 Å². The number of hydrogen-bond acceptors (Lipinski definition) is 2. The van der Waals surface area contributed by atoms with Crippen LogP contribution in [0.4, 0.5) is 4.79 Å². The Morgan fingerprint density at radius 1 is 1.57 bits per heavy atom. The molecule has 0 radical (unpaired) electrons. The summed E-state index contributed by atoms with van der Waals surface area (Å²) in [6.45, 7) is 4.49. The number of carbonyl (C=O) groups excluding carboxylic acids is 1. The van der Waals surface area contributed by atoms with Crippen LogP contribution in [-0.4, -0.2) is 41.6 Å². The predicted molar refractivity (Wildman–Crippen MR) is 54.2 cm³/mol. The third-order valence-electron chi connectivity index (χ3n) is 1.95. The molecular formula is C8H11BrN2O3. The number of rotatable bonds is 3. The maximum Gasteiger partial charge on any atom is 0.317 e. The van der Waals surface area contributed by atoms with E-state index < -0.39 is 11.9 Å². The van der Waals surface area contributed by atoms with E-state index in [1.165, 1.54) is 4.90 Å². The lowest BCUT2D eigenvalue weighted by molar-refractivity contribution is -0.146. The van der Waals surface area contributed by atoms with Crippen LogP contribution >= 0.6 is 15.9 Å². The van der Waals surface area contributed by atoms with Crippen LogP contribution in [0.2, 0.25) is 0 Å². The van der Waals surface area contributed by atoms with Gasteiger partial charge in [-0.3, -0.25) is 4.79 Å². The fourth-order valence-corrected chi connectivity index (χ4v) is 1.22. The zero-order valence-corrected chi connectivity index (χ0v) is 9.08. The molecule has 0 bridgehead atoms. The smallest absolute Gasteiger partial charge is 0.317 e. The largest absolute Gasteiger partial charge is 0.481 e. The summed E-state index contributed by atoms with van der Waals surface area (Å²) in [5, 5.41) is 11.2. The van der Waals surface area contributed by atoms with Crippen molar-refractivity contribution >= 4 is 27.9 Å². The summed E-state index contributed by atoms with van der Waals surface area (Å²) >= 11 is 3.11. The van der Waals surface area contributed by atoms with Crippen molar-refractivity contribution in [2.45, 2.75) is 0 Å². The zero-order chi connectivity index (χ0) is 10.7.